The first-order valence-electron chi connectivity index (χ1n) is 10.4. The summed E-state index contributed by atoms with van der Waals surface area (Å²) in [6.45, 7) is 0. The van der Waals surface area contributed by atoms with Gasteiger partial charge in [0.1, 0.15) is 0 Å². The van der Waals surface area contributed by atoms with Crippen LogP contribution >= 0.6 is 0 Å². The highest BCUT2D eigenvalue weighted by Gasteiger charge is 2.13. The predicted octanol–water partition coefficient (Wildman–Crippen LogP) is 6.65. The van der Waals surface area contributed by atoms with Crippen LogP contribution in [0.25, 0.3) is 22.8 Å². The van der Waals surface area contributed by atoms with E-state index in [4.69, 9.17) is 9.47 Å². The number of benzene rings is 4. The Labute approximate surface area is 193 Å². The van der Waals surface area contributed by atoms with Crippen LogP contribution < -0.4 is 9.47 Å². The molecule has 4 aromatic carbocycles. The Kier molecular flexibility index (Phi) is 6.63. The number of carbonyl (C=O) groups is 1. The number of nitriles is 1. The van der Waals surface area contributed by atoms with Crippen molar-refractivity contribution < 1.29 is 14.3 Å². The zero-order valence-electron chi connectivity index (χ0n) is 18.1. The second-order valence-electron chi connectivity index (χ2n) is 7.28. The van der Waals surface area contributed by atoms with Crippen LogP contribution in [-0.2, 0) is 0 Å². The molecule has 0 amide bonds. The Hall–Kier alpha value is -4.62. The zero-order valence-corrected chi connectivity index (χ0v) is 18.1. The Morgan fingerprint density at radius 3 is 2.03 bits per heavy atom. The fourth-order valence-corrected chi connectivity index (χ4v) is 3.41. The third-order valence-corrected chi connectivity index (χ3v) is 5.13. The van der Waals surface area contributed by atoms with Gasteiger partial charge in [0.25, 0.3) is 0 Å². The lowest BCUT2D eigenvalue weighted by Gasteiger charge is -2.11. The molecule has 4 rings (SSSR count). The molecule has 0 saturated heterocycles. The number of hydrogen-bond acceptors (Lipinski definition) is 4. The standard InChI is InChI=1S/C29H21NO3/c1-32-28-19-21(18-26(20-30)23-10-6-3-7-11-23)12-17-27(28)33-29(31)25-15-13-24(14-16-25)22-8-4-2-5-9-22/h2-19H,1H3/b26-18+. The van der Waals surface area contributed by atoms with Crippen molar-refractivity contribution in [2.45, 2.75) is 0 Å². The molecule has 0 unspecified atom stereocenters. The second kappa shape index (κ2) is 10.1. The maximum Gasteiger partial charge on any atom is 0.343 e. The molecule has 0 N–H and O–H groups in total. The number of carbonyl (C=O) groups excluding carboxylic acids is 1. The van der Waals surface area contributed by atoms with Crippen LogP contribution in [0.15, 0.2) is 103 Å². The molecule has 33 heavy (non-hydrogen) atoms. The van der Waals surface area contributed by atoms with Gasteiger partial charge >= 0.3 is 5.97 Å². The van der Waals surface area contributed by atoms with Gasteiger partial charge in [-0.1, -0.05) is 78.9 Å². The number of methoxy groups -OCH3 is 1. The molecule has 0 saturated carbocycles. The summed E-state index contributed by atoms with van der Waals surface area (Å²) in [5.41, 5.74) is 4.66. The van der Waals surface area contributed by atoms with Crippen LogP contribution in [0.4, 0.5) is 0 Å². The van der Waals surface area contributed by atoms with Crippen molar-refractivity contribution in [2.75, 3.05) is 7.11 Å². The van der Waals surface area contributed by atoms with Crippen LogP contribution in [0.1, 0.15) is 21.5 Å². The molecule has 0 heterocycles. The summed E-state index contributed by atoms with van der Waals surface area (Å²) >= 11 is 0. The van der Waals surface area contributed by atoms with Crippen molar-refractivity contribution in [1.82, 2.24) is 0 Å². The van der Waals surface area contributed by atoms with Gasteiger partial charge in [0.2, 0.25) is 0 Å². The molecule has 4 aromatic rings. The van der Waals surface area contributed by atoms with E-state index < -0.39 is 5.97 Å². The fourth-order valence-electron chi connectivity index (χ4n) is 3.41. The SMILES string of the molecule is COc1cc(/C=C(\C#N)c2ccccc2)ccc1OC(=O)c1ccc(-c2ccccc2)cc1. The summed E-state index contributed by atoms with van der Waals surface area (Å²) in [6, 6.07) is 34.1. The van der Waals surface area contributed by atoms with Crippen LogP contribution in [-0.4, -0.2) is 13.1 Å². The van der Waals surface area contributed by atoms with Crippen LogP contribution in [0.2, 0.25) is 0 Å². The first kappa shape index (κ1) is 21.6. The van der Waals surface area contributed by atoms with Crippen molar-refractivity contribution in [3.8, 4) is 28.7 Å². The van der Waals surface area contributed by atoms with Gasteiger partial charge in [0.15, 0.2) is 11.5 Å². The summed E-state index contributed by atoms with van der Waals surface area (Å²) in [6.07, 6.45) is 1.77. The monoisotopic (exact) mass is 431 g/mol. The van der Waals surface area contributed by atoms with E-state index in [0.717, 1.165) is 22.3 Å². The highest BCUT2D eigenvalue weighted by atomic mass is 16.6. The average Bonchev–Trinajstić information content (AvgIpc) is 2.89. The first-order chi connectivity index (χ1) is 16.2. The molecule has 0 aliphatic rings. The molecule has 4 heteroatoms. The average molecular weight is 431 g/mol. The third kappa shape index (κ3) is 5.17. The highest BCUT2D eigenvalue weighted by Crippen LogP contribution is 2.31. The van der Waals surface area contributed by atoms with E-state index in [0.29, 0.717) is 22.6 Å². The molecular formula is C29H21NO3. The summed E-state index contributed by atoms with van der Waals surface area (Å²) in [5, 5.41) is 9.54. The molecule has 4 nitrogen and oxygen atoms in total. The molecule has 0 aromatic heterocycles. The third-order valence-electron chi connectivity index (χ3n) is 5.13. The number of esters is 1. The van der Waals surface area contributed by atoms with Gasteiger partial charge in [-0.05, 0) is 52.6 Å². The summed E-state index contributed by atoms with van der Waals surface area (Å²) in [5.74, 6) is 0.242. The van der Waals surface area contributed by atoms with Gasteiger partial charge in [-0.25, -0.2) is 4.79 Å². The van der Waals surface area contributed by atoms with Crippen molar-refractivity contribution >= 4 is 17.6 Å². The zero-order chi connectivity index (χ0) is 23.0. The number of rotatable bonds is 6. The number of allylic oxidation sites excluding steroid dienone is 1. The van der Waals surface area contributed by atoms with Crippen molar-refractivity contribution in [3.63, 3.8) is 0 Å². The van der Waals surface area contributed by atoms with Crippen molar-refractivity contribution in [3.05, 3.63) is 120 Å². The van der Waals surface area contributed by atoms with Gasteiger partial charge < -0.3 is 9.47 Å². The molecule has 0 aliphatic carbocycles. The van der Waals surface area contributed by atoms with Gasteiger partial charge in [0, 0.05) is 0 Å². The first-order valence-corrected chi connectivity index (χ1v) is 10.4. The largest absolute Gasteiger partial charge is 0.493 e. The second-order valence-corrected chi connectivity index (χ2v) is 7.28. The summed E-state index contributed by atoms with van der Waals surface area (Å²) in [7, 11) is 1.51. The van der Waals surface area contributed by atoms with Crippen LogP contribution in [0.3, 0.4) is 0 Å². The predicted molar refractivity (Wildman–Crippen MR) is 130 cm³/mol. The lowest BCUT2D eigenvalue weighted by molar-refractivity contribution is 0.0729. The molecule has 0 radical (unpaired) electrons. The topological polar surface area (TPSA) is 59.3 Å². The van der Waals surface area contributed by atoms with Crippen molar-refractivity contribution in [2.24, 2.45) is 0 Å². The Balaban J connectivity index is 1.53. The molecule has 0 fully saturated rings. The number of hydrogen-bond donors (Lipinski definition) is 0. The molecule has 0 spiro atoms. The van der Waals surface area contributed by atoms with Gasteiger partial charge in [-0.3, -0.25) is 0 Å². The Morgan fingerprint density at radius 2 is 1.39 bits per heavy atom. The lowest BCUT2D eigenvalue weighted by atomic mass is 10.0. The van der Waals surface area contributed by atoms with E-state index in [2.05, 4.69) is 6.07 Å². The Bertz CT molecular complexity index is 1320. The molecule has 0 bridgehead atoms. The van der Waals surface area contributed by atoms with E-state index in [1.807, 2.05) is 72.8 Å². The highest BCUT2D eigenvalue weighted by molar-refractivity contribution is 5.92. The number of nitrogens with zero attached hydrogens (tertiary/aromatic N) is 1. The van der Waals surface area contributed by atoms with E-state index in [-0.39, 0.29) is 0 Å². The summed E-state index contributed by atoms with van der Waals surface area (Å²) < 4.78 is 11.0. The van der Waals surface area contributed by atoms with Crippen molar-refractivity contribution in [1.29, 1.82) is 5.26 Å². The van der Waals surface area contributed by atoms with E-state index in [9.17, 15) is 10.1 Å². The smallest absolute Gasteiger partial charge is 0.343 e. The minimum Gasteiger partial charge on any atom is -0.493 e. The van der Waals surface area contributed by atoms with Gasteiger partial charge in [-0.15, -0.1) is 0 Å². The van der Waals surface area contributed by atoms with Crippen LogP contribution in [0, 0.1) is 11.3 Å². The lowest BCUT2D eigenvalue weighted by Crippen LogP contribution is -2.09. The van der Waals surface area contributed by atoms with Gasteiger partial charge in [-0.2, -0.15) is 5.26 Å². The minimum absolute atomic E-state index is 0.310. The fraction of sp³-hybridized carbons (Fsp3) is 0.0345. The Morgan fingerprint density at radius 1 is 0.758 bits per heavy atom. The summed E-state index contributed by atoms with van der Waals surface area (Å²) in [4.78, 5) is 12.7. The van der Waals surface area contributed by atoms with Crippen LogP contribution in [0.5, 0.6) is 11.5 Å². The quantitative estimate of drug-likeness (QED) is 0.148. The van der Waals surface area contributed by atoms with E-state index >= 15 is 0 Å². The molecule has 0 aliphatic heterocycles. The maximum absolute atomic E-state index is 12.7. The van der Waals surface area contributed by atoms with Gasteiger partial charge in [0.05, 0.1) is 24.3 Å². The molecule has 160 valence electrons. The number of ether oxygens (including phenoxy) is 2. The maximum atomic E-state index is 12.7. The molecular weight excluding hydrogens is 410 g/mol. The van der Waals surface area contributed by atoms with E-state index in [1.54, 1.807) is 36.4 Å². The minimum atomic E-state index is -0.474. The normalized spacial score (nSPS) is 10.8. The molecule has 0 atom stereocenters. The van der Waals surface area contributed by atoms with E-state index in [1.165, 1.54) is 7.11 Å².